The van der Waals surface area contributed by atoms with Gasteiger partial charge in [-0.1, -0.05) is 24.3 Å². The molecule has 0 fully saturated rings. The van der Waals surface area contributed by atoms with Gasteiger partial charge in [0.05, 0.1) is 0 Å². The number of hydrogen-bond acceptors (Lipinski definition) is 0. The van der Waals surface area contributed by atoms with Crippen molar-refractivity contribution < 1.29 is 0 Å². The molecule has 0 bridgehead atoms. The smallest absolute Gasteiger partial charge is 0.0201 e. The molecule has 0 N–H and O–H groups in total. The second-order valence-corrected chi connectivity index (χ2v) is 1.74. The van der Waals surface area contributed by atoms with Crippen molar-refractivity contribution in [2.45, 2.75) is 13.8 Å². The van der Waals surface area contributed by atoms with Crippen LogP contribution in [0.1, 0.15) is 13.8 Å². The summed E-state index contributed by atoms with van der Waals surface area (Å²) in [6.07, 6.45) is 7.52. The lowest BCUT2D eigenvalue weighted by atomic mass is 10.3. The largest absolute Gasteiger partial charge is 0.125 e. The molecule has 0 aromatic rings. The molecule has 0 heteroatoms. The van der Waals surface area contributed by atoms with Gasteiger partial charge in [0.2, 0.25) is 0 Å². The summed E-state index contributed by atoms with van der Waals surface area (Å²) < 4.78 is 0. The molecule has 0 unspecified atom stereocenters. The van der Waals surface area contributed by atoms with E-state index in [0.29, 0.717) is 0 Å². The molecule has 0 spiro atoms. The van der Waals surface area contributed by atoms with Crippen molar-refractivity contribution in [3.63, 3.8) is 0 Å². The summed E-state index contributed by atoms with van der Waals surface area (Å²) >= 11 is 0. The van der Waals surface area contributed by atoms with Crippen LogP contribution in [0.2, 0.25) is 0 Å². The zero-order valence-corrected chi connectivity index (χ0v) is 6.02. The summed E-state index contributed by atoms with van der Waals surface area (Å²) in [7, 11) is 0. The van der Waals surface area contributed by atoms with Crippen LogP contribution >= 0.6 is 0 Å². The Morgan fingerprint density at radius 1 is 1.56 bits per heavy atom. The van der Waals surface area contributed by atoms with E-state index in [4.69, 9.17) is 0 Å². The number of allylic oxidation sites excluding steroid dienone is 4. The van der Waals surface area contributed by atoms with Gasteiger partial charge < -0.3 is 0 Å². The first-order chi connectivity index (χ1) is 4.31. The average molecular weight is 120 g/mol. The molecule has 0 aromatic carbocycles. The fraction of sp³-hybridized carbons (Fsp3) is 0.222. The summed E-state index contributed by atoms with van der Waals surface area (Å²) in [5.41, 5.74) is 4.10. The van der Waals surface area contributed by atoms with Crippen molar-refractivity contribution in [1.29, 1.82) is 0 Å². The van der Waals surface area contributed by atoms with Crippen LogP contribution in [0.15, 0.2) is 42.2 Å². The van der Waals surface area contributed by atoms with Gasteiger partial charge in [0.1, 0.15) is 0 Å². The summed E-state index contributed by atoms with van der Waals surface area (Å²) in [5.74, 6) is 0. The fourth-order valence-corrected chi connectivity index (χ4v) is 0.344. The first kappa shape index (κ1) is 8.00. The van der Waals surface area contributed by atoms with Gasteiger partial charge in [-0.15, -0.1) is 5.73 Å². The van der Waals surface area contributed by atoms with Crippen LogP contribution in [0.25, 0.3) is 0 Å². The first-order valence-corrected chi connectivity index (χ1v) is 2.97. The van der Waals surface area contributed by atoms with Crippen LogP contribution in [-0.4, -0.2) is 0 Å². The molecule has 0 saturated heterocycles. The van der Waals surface area contributed by atoms with Crippen molar-refractivity contribution in [3.05, 3.63) is 42.2 Å². The molecule has 0 aromatic heterocycles. The maximum Gasteiger partial charge on any atom is -0.0201 e. The molecule has 0 aliphatic heterocycles. The van der Waals surface area contributed by atoms with E-state index in [0.717, 1.165) is 5.57 Å². The summed E-state index contributed by atoms with van der Waals surface area (Å²) in [6, 6.07) is 0. The second-order valence-electron chi connectivity index (χ2n) is 1.74. The van der Waals surface area contributed by atoms with Crippen LogP contribution in [0.5, 0.6) is 0 Å². The highest BCUT2D eigenvalue weighted by atomic mass is 13.8. The molecule has 0 saturated carbocycles. The zero-order valence-electron chi connectivity index (χ0n) is 6.02. The van der Waals surface area contributed by atoms with E-state index < -0.39 is 0 Å². The quantitative estimate of drug-likeness (QED) is 0.388. The minimum Gasteiger partial charge on any atom is -0.125 e. The summed E-state index contributed by atoms with van der Waals surface area (Å²) in [5, 5.41) is 0. The highest BCUT2D eigenvalue weighted by Gasteiger charge is 1.70. The third-order valence-electron chi connectivity index (χ3n) is 0.931. The lowest BCUT2D eigenvalue weighted by molar-refractivity contribution is 1.54. The van der Waals surface area contributed by atoms with Gasteiger partial charge in [-0.25, -0.2) is 0 Å². The van der Waals surface area contributed by atoms with Crippen LogP contribution in [0, 0.1) is 0 Å². The Morgan fingerprint density at radius 2 is 2.22 bits per heavy atom. The Balaban J connectivity index is 3.98. The van der Waals surface area contributed by atoms with E-state index in [9.17, 15) is 0 Å². The van der Waals surface area contributed by atoms with E-state index in [2.05, 4.69) is 12.3 Å². The molecule has 0 atom stereocenters. The third kappa shape index (κ3) is 4.86. The SMILES string of the molecule is C=C/C(C)=C\C=C=CC. The molecule has 0 amide bonds. The topological polar surface area (TPSA) is 0 Å². The summed E-state index contributed by atoms with van der Waals surface area (Å²) in [4.78, 5) is 0. The Bertz CT molecular complexity index is 164. The molecule has 0 radical (unpaired) electrons. The lowest BCUT2D eigenvalue weighted by Gasteiger charge is -1.80. The fourth-order valence-electron chi connectivity index (χ4n) is 0.344. The van der Waals surface area contributed by atoms with E-state index >= 15 is 0 Å². The van der Waals surface area contributed by atoms with E-state index in [1.54, 1.807) is 0 Å². The minimum atomic E-state index is 1.16. The molecule has 48 valence electrons. The second kappa shape index (κ2) is 5.14. The van der Waals surface area contributed by atoms with Gasteiger partial charge in [0.15, 0.2) is 0 Å². The molecule has 0 heterocycles. The Kier molecular flexibility index (Phi) is 4.57. The molecular weight excluding hydrogens is 108 g/mol. The van der Waals surface area contributed by atoms with Crippen molar-refractivity contribution in [1.82, 2.24) is 0 Å². The molecule has 0 aliphatic rings. The Hall–Kier alpha value is -1.00. The lowest BCUT2D eigenvalue weighted by Crippen LogP contribution is -1.59. The van der Waals surface area contributed by atoms with E-state index in [-0.39, 0.29) is 0 Å². The maximum absolute atomic E-state index is 3.61. The molecule has 0 nitrogen and oxygen atoms in total. The van der Waals surface area contributed by atoms with E-state index in [1.807, 2.05) is 38.2 Å². The van der Waals surface area contributed by atoms with Crippen molar-refractivity contribution in [2.75, 3.05) is 0 Å². The Labute approximate surface area is 56.9 Å². The molecule has 0 rings (SSSR count). The highest BCUT2D eigenvalue weighted by molar-refractivity contribution is 5.19. The average Bonchev–Trinajstić information content (AvgIpc) is 1.89. The van der Waals surface area contributed by atoms with Crippen molar-refractivity contribution in [3.8, 4) is 0 Å². The maximum atomic E-state index is 3.61. The van der Waals surface area contributed by atoms with Crippen LogP contribution in [0.3, 0.4) is 0 Å². The summed E-state index contributed by atoms with van der Waals surface area (Å²) in [6.45, 7) is 7.55. The first-order valence-electron chi connectivity index (χ1n) is 2.97. The Morgan fingerprint density at radius 3 is 2.67 bits per heavy atom. The van der Waals surface area contributed by atoms with Gasteiger partial charge in [0.25, 0.3) is 0 Å². The number of hydrogen-bond donors (Lipinski definition) is 0. The van der Waals surface area contributed by atoms with Crippen LogP contribution < -0.4 is 0 Å². The van der Waals surface area contributed by atoms with Gasteiger partial charge in [0, 0.05) is 0 Å². The molecule has 9 heavy (non-hydrogen) atoms. The van der Waals surface area contributed by atoms with E-state index in [1.165, 1.54) is 0 Å². The van der Waals surface area contributed by atoms with Gasteiger partial charge in [-0.2, -0.15) is 0 Å². The zero-order chi connectivity index (χ0) is 7.11. The van der Waals surface area contributed by atoms with Crippen LogP contribution in [0.4, 0.5) is 0 Å². The van der Waals surface area contributed by atoms with Gasteiger partial charge >= 0.3 is 0 Å². The molecule has 0 aliphatic carbocycles. The van der Waals surface area contributed by atoms with Gasteiger partial charge in [-0.3, -0.25) is 0 Å². The standard InChI is InChI=1S/C9H12/c1-4-6-7-8-9(3)5-2/h4-5,7-8H,2H2,1,3H3/b9-8-. The van der Waals surface area contributed by atoms with Crippen molar-refractivity contribution >= 4 is 0 Å². The van der Waals surface area contributed by atoms with Gasteiger partial charge in [-0.05, 0) is 26.0 Å². The van der Waals surface area contributed by atoms with Crippen LogP contribution in [-0.2, 0) is 0 Å². The van der Waals surface area contributed by atoms with Crippen molar-refractivity contribution in [2.24, 2.45) is 0 Å². The number of rotatable bonds is 2. The third-order valence-corrected chi connectivity index (χ3v) is 0.931. The highest BCUT2D eigenvalue weighted by Crippen LogP contribution is 1.91. The predicted molar refractivity (Wildman–Crippen MR) is 42.3 cm³/mol. The predicted octanol–water partition coefficient (Wildman–Crippen LogP) is 2.85. The molecular formula is C9H12. The monoisotopic (exact) mass is 120 g/mol. The minimum absolute atomic E-state index is 1.16. The normalized spacial score (nSPS) is 9.78.